The summed E-state index contributed by atoms with van der Waals surface area (Å²) in [6, 6.07) is 0. The summed E-state index contributed by atoms with van der Waals surface area (Å²) >= 11 is 6.11. The van der Waals surface area contributed by atoms with E-state index >= 15 is 0 Å². The van der Waals surface area contributed by atoms with Gasteiger partial charge in [0.05, 0.1) is 0 Å². The number of rotatable bonds is 1. The predicted octanol–water partition coefficient (Wildman–Crippen LogP) is 4.89. The Balaban J connectivity index is 1.69. The van der Waals surface area contributed by atoms with Crippen molar-refractivity contribution in [3.8, 4) is 0 Å². The zero-order valence-corrected chi connectivity index (χ0v) is 11.2. The van der Waals surface area contributed by atoms with Crippen molar-refractivity contribution in [2.45, 2.75) is 47.1 Å². The van der Waals surface area contributed by atoms with Crippen LogP contribution >= 0.6 is 34.9 Å². The molecule has 1 saturated carbocycles. The van der Waals surface area contributed by atoms with E-state index in [2.05, 4.69) is 34.3 Å². The van der Waals surface area contributed by atoms with Gasteiger partial charge in [0.2, 0.25) is 0 Å². The largest absolute Gasteiger partial charge is 0.150 e. The lowest BCUT2D eigenvalue weighted by molar-refractivity contribution is 0.358. The number of hydrogen-bond donors (Lipinski definition) is 0. The second-order valence-electron chi connectivity index (χ2n) is 4.47. The zero-order valence-electron chi connectivity index (χ0n) is 8.78. The first kappa shape index (κ1) is 10.5. The van der Waals surface area contributed by atoms with Gasteiger partial charge in [0.1, 0.15) is 0 Å². The van der Waals surface area contributed by atoms with Crippen molar-refractivity contribution in [1.82, 2.24) is 0 Å². The van der Waals surface area contributed by atoms with Crippen molar-refractivity contribution in [3.63, 3.8) is 0 Å². The Bertz CT molecular complexity index is 325. The Morgan fingerprint density at radius 2 is 1.80 bits per heavy atom. The summed E-state index contributed by atoms with van der Waals surface area (Å²) in [5, 5.41) is 5.55. The molecule has 1 fully saturated rings. The van der Waals surface area contributed by atoms with Gasteiger partial charge in [-0.1, -0.05) is 19.3 Å². The van der Waals surface area contributed by atoms with Gasteiger partial charge in [-0.15, -0.1) is 23.5 Å². The lowest BCUT2D eigenvalue weighted by atomic mass is 9.87. The van der Waals surface area contributed by atoms with Gasteiger partial charge in [0, 0.05) is 31.6 Å². The number of thioether (sulfide) groups is 2. The Morgan fingerprint density at radius 3 is 2.67 bits per heavy atom. The molecule has 1 aliphatic heterocycles. The van der Waals surface area contributed by atoms with E-state index in [1.165, 1.54) is 42.8 Å². The van der Waals surface area contributed by atoms with E-state index in [0.29, 0.717) is 0 Å². The molecular weight excluding hydrogens is 240 g/mol. The molecule has 0 aromatic carbocycles. The van der Waals surface area contributed by atoms with Gasteiger partial charge >= 0.3 is 0 Å². The maximum Gasteiger partial charge on any atom is 0.0318 e. The summed E-state index contributed by atoms with van der Waals surface area (Å²) < 4.78 is 0. The van der Waals surface area contributed by atoms with Gasteiger partial charge in [-0.2, -0.15) is 11.3 Å². The molecule has 1 aromatic heterocycles. The molecule has 3 heteroatoms. The van der Waals surface area contributed by atoms with E-state index < -0.39 is 0 Å². The minimum atomic E-state index is 0.900. The molecule has 2 heterocycles. The minimum Gasteiger partial charge on any atom is -0.150 e. The summed E-state index contributed by atoms with van der Waals surface area (Å²) in [5.41, 5.74) is 0. The van der Waals surface area contributed by atoms with Crippen molar-refractivity contribution in [1.29, 1.82) is 0 Å². The van der Waals surface area contributed by atoms with Gasteiger partial charge in [-0.3, -0.25) is 0 Å². The van der Waals surface area contributed by atoms with Crippen LogP contribution < -0.4 is 0 Å². The van der Waals surface area contributed by atoms with E-state index in [9.17, 15) is 0 Å². The van der Waals surface area contributed by atoms with Crippen molar-refractivity contribution < 1.29 is 0 Å². The fourth-order valence-electron chi connectivity index (χ4n) is 2.57. The highest BCUT2D eigenvalue weighted by molar-refractivity contribution is 8.06. The van der Waals surface area contributed by atoms with E-state index in [1.54, 1.807) is 4.90 Å². The molecule has 0 nitrogen and oxygen atoms in total. The molecule has 82 valence electrons. The first-order valence-electron chi connectivity index (χ1n) is 5.79. The summed E-state index contributed by atoms with van der Waals surface area (Å²) in [4.78, 5) is 3.10. The molecule has 3 rings (SSSR count). The summed E-state index contributed by atoms with van der Waals surface area (Å²) in [7, 11) is 0. The zero-order chi connectivity index (χ0) is 10.1. The smallest absolute Gasteiger partial charge is 0.0318 e. The molecule has 0 N–H and O–H groups in total. The van der Waals surface area contributed by atoms with E-state index in [0.717, 1.165) is 11.2 Å². The SMILES string of the molecule is c1scc2c1SCC(C1CCCCC1)S2. The third-order valence-electron chi connectivity index (χ3n) is 3.45. The Kier molecular flexibility index (Phi) is 3.32. The number of hydrogen-bond acceptors (Lipinski definition) is 3. The van der Waals surface area contributed by atoms with Crippen LogP contribution in [0.3, 0.4) is 0 Å². The van der Waals surface area contributed by atoms with Crippen molar-refractivity contribution in [3.05, 3.63) is 10.8 Å². The molecule has 15 heavy (non-hydrogen) atoms. The van der Waals surface area contributed by atoms with Crippen LogP contribution in [0, 0.1) is 5.92 Å². The fourth-order valence-corrected chi connectivity index (χ4v) is 6.70. The molecule has 0 amide bonds. The summed E-state index contributed by atoms with van der Waals surface area (Å²) in [6.45, 7) is 0. The van der Waals surface area contributed by atoms with Crippen molar-refractivity contribution >= 4 is 34.9 Å². The lowest BCUT2D eigenvalue weighted by Gasteiger charge is -2.31. The molecule has 0 saturated heterocycles. The number of fused-ring (bicyclic) bond motifs is 1. The summed E-state index contributed by atoms with van der Waals surface area (Å²) in [6.07, 6.45) is 7.39. The quantitative estimate of drug-likeness (QED) is 0.701. The third-order valence-corrected chi connectivity index (χ3v) is 7.45. The standard InChI is InChI=1S/C12H16S3/c1-2-4-9(5-3-1)10-8-14-11-6-13-7-12(11)15-10/h6-7,9-10H,1-5,8H2. The Morgan fingerprint density at radius 1 is 1.00 bits per heavy atom. The van der Waals surface area contributed by atoms with Crippen LogP contribution in [0.15, 0.2) is 20.6 Å². The second kappa shape index (κ2) is 4.72. The van der Waals surface area contributed by atoms with Gasteiger partial charge in [-0.05, 0) is 18.8 Å². The van der Waals surface area contributed by atoms with Crippen LogP contribution in [-0.4, -0.2) is 11.0 Å². The van der Waals surface area contributed by atoms with E-state index in [-0.39, 0.29) is 0 Å². The molecule has 0 radical (unpaired) electrons. The van der Waals surface area contributed by atoms with Crippen LogP contribution in [-0.2, 0) is 0 Å². The molecular formula is C12H16S3. The second-order valence-corrected chi connectivity index (χ2v) is 7.55. The fraction of sp³-hybridized carbons (Fsp3) is 0.667. The predicted molar refractivity (Wildman–Crippen MR) is 71.3 cm³/mol. The topological polar surface area (TPSA) is 0 Å². The van der Waals surface area contributed by atoms with Crippen molar-refractivity contribution in [2.24, 2.45) is 5.92 Å². The molecule has 1 atom stereocenters. The van der Waals surface area contributed by atoms with Gasteiger partial charge in [0.15, 0.2) is 0 Å². The van der Waals surface area contributed by atoms with E-state index in [4.69, 9.17) is 0 Å². The number of thiophene rings is 1. The highest BCUT2D eigenvalue weighted by atomic mass is 32.2. The first-order valence-corrected chi connectivity index (χ1v) is 8.60. The molecule has 1 unspecified atom stereocenters. The van der Waals surface area contributed by atoms with Gasteiger partial charge in [-0.25, -0.2) is 0 Å². The van der Waals surface area contributed by atoms with Crippen LogP contribution in [0.2, 0.25) is 0 Å². The first-order chi connectivity index (χ1) is 7.43. The van der Waals surface area contributed by atoms with Crippen LogP contribution in [0.1, 0.15) is 32.1 Å². The molecule has 1 aliphatic carbocycles. The average molecular weight is 256 g/mol. The lowest BCUT2D eigenvalue weighted by Crippen LogP contribution is -2.23. The molecule has 0 bridgehead atoms. The summed E-state index contributed by atoms with van der Waals surface area (Å²) in [5.74, 6) is 2.35. The van der Waals surface area contributed by atoms with Crippen LogP contribution in [0.25, 0.3) is 0 Å². The van der Waals surface area contributed by atoms with Gasteiger partial charge < -0.3 is 0 Å². The highest BCUT2D eigenvalue weighted by Gasteiger charge is 2.28. The Labute approximate surface area is 104 Å². The van der Waals surface area contributed by atoms with Crippen LogP contribution in [0.4, 0.5) is 0 Å². The normalized spacial score (nSPS) is 27.6. The maximum atomic E-state index is 2.34. The molecule has 0 spiro atoms. The van der Waals surface area contributed by atoms with E-state index in [1.807, 2.05) is 11.3 Å². The maximum absolute atomic E-state index is 2.34. The monoisotopic (exact) mass is 256 g/mol. The van der Waals surface area contributed by atoms with Crippen LogP contribution in [0.5, 0.6) is 0 Å². The molecule has 1 aromatic rings. The third kappa shape index (κ3) is 2.25. The van der Waals surface area contributed by atoms with Gasteiger partial charge in [0.25, 0.3) is 0 Å². The molecule has 2 aliphatic rings. The van der Waals surface area contributed by atoms with Crippen molar-refractivity contribution in [2.75, 3.05) is 5.75 Å². The Hall–Kier alpha value is 0.400. The average Bonchev–Trinajstić information content (AvgIpc) is 2.77. The highest BCUT2D eigenvalue weighted by Crippen LogP contribution is 2.47. The minimum absolute atomic E-state index is 0.900.